The number of H-pyrrole nitrogens is 1. The number of aromatic amines is 1. The Labute approximate surface area is 281 Å². The molecule has 0 radical (unpaired) electrons. The quantitative estimate of drug-likeness (QED) is 0.131. The molecular weight excluding hydrogens is 664 g/mol. The first-order valence-corrected chi connectivity index (χ1v) is 15.4. The maximum atomic E-state index is 13.1. The van der Waals surface area contributed by atoms with Crippen molar-refractivity contribution in [3.63, 3.8) is 0 Å². The summed E-state index contributed by atoms with van der Waals surface area (Å²) in [6.07, 6.45) is 3.97. The topological polar surface area (TPSA) is 178 Å². The molecular formula is C34H30F4N6O6. The molecule has 260 valence electrons. The number of nitrogens with two attached hydrogens (primary N) is 2. The van der Waals surface area contributed by atoms with Crippen molar-refractivity contribution in [3.8, 4) is 34.5 Å². The number of rotatable bonds is 3. The van der Waals surface area contributed by atoms with E-state index in [0.717, 1.165) is 17.2 Å². The third-order valence-corrected chi connectivity index (χ3v) is 7.93. The highest BCUT2D eigenvalue weighted by Crippen LogP contribution is 2.45. The summed E-state index contributed by atoms with van der Waals surface area (Å²) in [4.78, 5) is 32.5. The second kappa shape index (κ2) is 13.2. The van der Waals surface area contributed by atoms with Crippen molar-refractivity contribution in [2.24, 2.45) is 0 Å². The van der Waals surface area contributed by atoms with E-state index in [0.29, 0.717) is 22.8 Å². The van der Waals surface area contributed by atoms with Crippen LogP contribution in [0.1, 0.15) is 59.8 Å². The van der Waals surface area contributed by atoms with Gasteiger partial charge in [0.1, 0.15) is 5.69 Å². The summed E-state index contributed by atoms with van der Waals surface area (Å²) in [5.41, 5.74) is 18.0. The normalized spacial score (nSPS) is 16.9. The Morgan fingerprint density at radius 3 is 1.74 bits per heavy atom. The molecule has 16 heteroatoms. The van der Waals surface area contributed by atoms with E-state index in [9.17, 15) is 17.6 Å². The van der Waals surface area contributed by atoms with Gasteiger partial charge in [-0.2, -0.15) is 9.59 Å². The predicted octanol–water partition coefficient (Wildman–Crippen LogP) is 6.99. The molecule has 9 rings (SSSR count). The van der Waals surface area contributed by atoms with Crippen LogP contribution in [0.4, 0.5) is 28.9 Å². The Hall–Kier alpha value is -5.89. The van der Waals surface area contributed by atoms with Gasteiger partial charge >= 0.3 is 18.7 Å². The molecule has 3 aromatic heterocycles. The van der Waals surface area contributed by atoms with Crippen LogP contribution in [0.2, 0.25) is 0 Å². The molecule has 12 nitrogen and oxygen atoms in total. The second-order valence-electron chi connectivity index (χ2n) is 12.0. The van der Waals surface area contributed by atoms with Gasteiger partial charge in [0.25, 0.3) is 0 Å². The highest BCUT2D eigenvalue weighted by atomic mass is 19.3. The number of pyridine rings is 2. The van der Waals surface area contributed by atoms with Gasteiger partial charge in [-0.15, -0.1) is 17.6 Å². The summed E-state index contributed by atoms with van der Waals surface area (Å²) in [6, 6.07) is 9.69. The van der Waals surface area contributed by atoms with E-state index in [1.165, 1.54) is 66.6 Å². The number of nitrogens with one attached hydrogen (secondary N) is 1. The Balaban J connectivity index is 0.000000139. The molecule has 4 aliphatic rings. The van der Waals surface area contributed by atoms with Gasteiger partial charge in [-0.25, -0.2) is 4.98 Å². The first-order chi connectivity index (χ1) is 23.7. The van der Waals surface area contributed by atoms with Crippen molar-refractivity contribution in [1.82, 2.24) is 19.9 Å². The number of fused-ring (bicyclic) bond motifs is 3. The van der Waals surface area contributed by atoms with Gasteiger partial charge in [-0.05, 0) is 73.6 Å². The van der Waals surface area contributed by atoms with Crippen molar-refractivity contribution in [3.05, 3.63) is 77.2 Å². The molecule has 2 aromatic carbocycles. The average Bonchev–Trinajstić information content (AvgIpc) is 3.96. The molecule has 2 fully saturated rings. The number of alkyl halides is 4. The van der Waals surface area contributed by atoms with Crippen molar-refractivity contribution < 1.29 is 46.1 Å². The number of aryl methyl sites for hydroxylation is 2. The van der Waals surface area contributed by atoms with E-state index in [1.54, 1.807) is 0 Å². The van der Waals surface area contributed by atoms with Gasteiger partial charge in [0.2, 0.25) is 0 Å². The molecule has 0 bridgehead atoms. The molecule has 2 aliphatic heterocycles. The van der Waals surface area contributed by atoms with Crippen LogP contribution in [0.25, 0.3) is 22.6 Å². The van der Waals surface area contributed by atoms with Gasteiger partial charge in [0.15, 0.2) is 28.8 Å². The average molecular weight is 695 g/mol. The molecule has 5 aromatic rings. The zero-order chi connectivity index (χ0) is 35.8. The zero-order valence-corrected chi connectivity index (χ0v) is 26.6. The van der Waals surface area contributed by atoms with E-state index in [1.807, 2.05) is 25.5 Å². The van der Waals surface area contributed by atoms with E-state index in [-0.39, 0.29) is 40.5 Å². The minimum Gasteiger partial charge on any atom is -0.397 e. The molecule has 2 saturated carbocycles. The maximum Gasteiger partial charge on any atom is 0.586 e. The molecule has 0 atom stereocenters. The molecule has 0 spiro atoms. The van der Waals surface area contributed by atoms with Crippen LogP contribution in [0.5, 0.6) is 23.0 Å². The number of halogens is 4. The number of anilines is 2. The first kappa shape index (κ1) is 34.0. The van der Waals surface area contributed by atoms with Crippen molar-refractivity contribution in [2.45, 2.75) is 64.0 Å². The zero-order valence-electron chi connectivity index (χ0n) is 26.6. The van der Waals surface area contributed by atoms with Crippen molar-refractivity contribution in [2.75, 3.05) is 11.5 Å². The lowest BCUT2D eigenvalue weighted by atomic mass is 10.1. The third-order valence-electron chi connectivity index (χ3n) is 7.93. The Kier molecular flexibility index (Phi) is 8.97. The number of ether oxygens (including phenoxy) is 4. The number of nitrogens with zero attached hydrogens (tertiary/aromatic N) is 3. The lowest BCUT2D eigenvalue weighted by Crippen LogP contribution is -2.25. The van der Waals surface area contributed by atoms with E-state index >= 15 is 0 Å². The SMILES string of the molecule is Cc1cc(C2CC2)cnc1-c1nc2cc3c(cc2[nH]1)OC(F)(F)O3.Cc1cncc(C2CC2)c1.Nc1cc2c(cc1N)OC(F)(F)O2.O=C=O. The smallest absolute Gasteiger partial charge is 0.397 e. The summed E-state index contributed by atoms with van der Waals surface area (Å²) in [5, 5.41) is 0. The maximum absolute atomic E-state index is 13.1. The number of hydrogen-bond donors (Lipinski definition) is 3. The summed E-state index contributed by atoms with van der Waals surface area (Å²) in [7, 11) is 0. The second-order valence-corrected chi connectivity index (χ2v) is 12.0. The lowest BCUT2D eigenvalue weighted by molar-refractivity contribution is -0.287. The largest absolute Gasteiger partial charge is 0.586 e. The van der Waals surface area contributed by atoms with E-state index < -0.39 is 12.6 Å². The number of nitrogen functional groups attached to an aromatic ring is 2. The highest BCUT2D eigenvalue weighted by Gasteiger charge is 2.44. The van der Waals surface area contributed by atoms with Crippen LogP contribution >= 0.6 is 0 Å². The van der Waals surface area contributed by atoms with E-state index in [4.69, 9.17) is 21.1 Å². The summed E-state index contributed by atoms with van der Waals surface area (Å²) in [6.45, 7) is 4.09. The highest BCUT2D eigenvalue weighted by molar-refractivity contribution is 5.83. The van der Waals surface area contributed by atoms with Crippen LogP contribution < -0.4 is 30.4 Å². The van der Waals surface area contributed by atoms with Gasteiger partial charge in [-0.3, -0.25) is 9.97 Å². The van der Waals surface area contributed by atoms with Gasteiger partial charge < -0.3 is 35.4 Å². The summed E-state index contributed by atoms with van der Waals surface area (Å²) >= 11 is 0. The Bertz CT molecular complexity index is 2020. The van der Waals surface area contributed by atoms with Crippen LogP contribution in [-0.4, -0.2) is 38.7 Å². The minimum atomic E-state index is -3.62. The predicted molar refractivity (Wildman–Crippen MR) is 170 cm³/mol. The van der Waals surface area contributed by atoms with Crippen LogP contribution in [-0.2, 0) is 9.59 Å². The van der Waals surface area contributed by atoms with Gasteiger partial charge in [0, 0.05) is 42.9 Å². The molecule has 5 heterocycles. The number of imidazole rings is 1. The van der Waals surface area contributed by atoms with Crippen LogP contribution in [0.3, 0.4) is 0 Å². The fourth-order valence-electron chi connectivity index (χ4n) is 5.30. The number of hydrogen-bond acceptors (Lipinski definition) is 11. The third kappa shape index (κ3) is 7.87. The number of benzene rings is 2. The van der Waals surface area contributed by atoms with Gasteiger partial charge in [0.05, 0.1) is 22.4 Å². The first-order valence-electron chi connectivity index (χ1n) is 15.4. The summed E-state index contributed by atoms with van der Waals surface area (Å²) < 4.78 is 68.4. The summed E-state index contributed by atoms with van der Waals surface area (Å²) in [5.74, 6) is 1.86. The monoisotopic (exact) mass is 694 g/mol. The molecule has 5 N–H and O–H groups in total. The fraction of sp³-hybridized carbons (Fsp3) is 0.294. The molecule has 50 heavy (non-hydrogen) atoms. The van der Waals surface area contributed by atoms with Crippen LogP contribution in [0, 0.1) is 13.8 Å². The van der Waals surface area contributed by atoms with E-state index in [2.05, 4.69) is 57.9 Å². The molecule has 2 aliphatic carbocycles. The Morgan fingerprint density at radius 2 is 1.24 bits per heavy atom. The van der Waals surface area contributed by atoms with Crippen molar-refractivity contribution in [1.29, 1.82) is 0 Å². The van der Waals surface area contributed by atoms with Crippen molar-refractivity contribution >= 4 is 28.6 Å². The fourth-order valence-corrected chi connectivity index (χ4v) is 5.30. The minimum absolute atomic E-state index is 0.00328. The van der Waals surface area contributed by atoms with Crippen LogP contribution in [0.15, 0.2) is 55.0 Å². The molecule has 0 saturated heterocycles. The standard InChI is InChI=1S/C17H13F2N3O2.C9H11N.C7H6F2N2O2.CO2/c1-8-4-10(9-2-3-9)7-20-15(8)16-21-11-5-13-14(6-12(11)22-16)24-17(18,19)23-13;1-7-4-9(6-10-5-7)8-2-3-8;8-7(9)12-5-1-3(10)4(11)2-6(5)13-7;2-1-3/h4-7,9H,2-3H2,1H3,(H,21,22);4-6,8H,2-3H2,1H3;1-2H,10-11H2;. The lowest BCUT2D eigenvalue weighted by Gasteiger charge is -2.04. The Morgan fingerprint density at radius 1 is 0.740 bits per heavy atom. The van der Waals surface area contributed by atoms with Gasteiger partial charge in [-0.1, -0.05) is 12.1 Å². The molecule has 0 unspecified atom stereocenters. The number of aromatic nitrogens is 4. The number of carbonyl (C=O) groups excluding carboxylic acids is 2. The molecule has 0 amide bonds.